The molecule has 0 saturated carbocycles. The van der Waals surface area contributed by atoms with E-state index in [-0.39, 0.29) is 11.5 Å². The van der Waals surface area contributed by atoms with E-state index >= 15 is 0 Å². The molecule has 0 spiro atoms. The van der Waals surface area contributed by atoms with Gasteiger partial charge in [-0.3, -0.25) is 4.79 Å². The fraction of sp³-hybridized carbons (Fsp3) is 0.105. The van der Waals surface area contributed by atoms with Crippen molar-refractivity contribution < 1.29 is 18.8 Å². The summed E-state index contributed by atoms with van der Waals surface area (Å²) in [6.45, 7) is -0.428. The number of halogens is 1. The van der Waals surface area contributed by atoms with Gasteiger partial charge in [0.2, 0.25) is 5.82 Å². The molecule has 0 aliphatic carbocycles. The number of nitrogens with one attached hydrogen (secondary N) is 2. The van der Waals surface area contributed by atoms with Gasteiger partial charge >= 0.3 is 0 Å². The van der Waals surface area contributed by atoms with E-state index in [2.05, 4.69) is 20.4 Å². The van der Waals surface area contributed by atoms with E-state index in [1.807, 2.05) is 24.3 Å². The summed E-state index contributed by atoms with van der Waals surface area (Å²) in [6, 6.07) is 11.9. The van der Waals surface area contributed by atoms with Crippen molar-refractivity contribution in [2.75, 3.05) is 6.61 Å². The third-order valence-corrected chi connectivity index (χ3v) is 4.16. The molecule has 0 fully saturated rings. The Morgan fingerprint density at radius 3 is 2.78 bits per heavy atom. The number of carbonyl (C=O) groups is 1. The molecule has 4 rings (SSSR count). The Morgan fingerprint density at radius 1 is 1.22 bits per heavy atom. The van der Waals surface area contributed by atoms with Crippen LogP contribution in [0.15, 0.2) is 59.3 Å². The van der Waals surface area contributed by atoms with E-state index in [4.69, 9.17) is 4.52 Å². The van der Waals surface area contributed by atoms with Gasteiger partial charge in [0, 0.05) is 28.2 Å². The van der Waals surface area contributed by atoms with E-state index in [9.17, 15) is 14.3 Å². The maximum Gasteiger partial charge on any atom is 0.251 e. The van der Waals surface area contributed by atoms with Crippen molar-refractivity contribution in [2.45, 2.75) is 6.04 Å². The predicted octanol–water partition coefficient (Wildman–Crippen LogP) is 2.82. The number of benzene rings is 2. The van der Waals surface area contributed by atoms with Crippen LogP contribution in [0.2, 0.25) is 0 Å². The highest BCUT2D eigenvalue weighted by Crippen LogP contribution is 2.27. The number of amides is 1. The molecule has 0 radical (unpaired) electrons. The number of aromatic amines is 1. The standard InChI is InChI=1S/C19H15FN4O3/c20-12-7-5-11(6-8-12)18(26)22-16(10-25)19-23-17(24-27-19)14-9-21-15-4-2-1-3-13(14)15/h1-9,16,21,25H,10H2,(H,22,26). The van der Waals surface area contributed by atoms with Gasteiger partial charge in [0.1, 0.15) is 11.9 Å². The van der Waals surface area contributed by atoms with Crippen LogP contribution in [0.5, 0.6) is 0 Å². The summed E-state index contributed by atoms with van der Waals surface area (Å²) in [4.78, 5) is 19.7. The summed E-state index contributed by atoms with van der Waals surface area (Å²) in [5.74, 6) is -0.503. The van der Waals surface area contributed by atoms with Crippen molar-refractivity contribution in [1.82, 2.24) is 20.4 Å². The number of aliphatic hydroxyl groups excluding tert-OH is 1. The van der Waals surface area contributed by atoms with Crippen molar-refractivity contribution in [3.05, 3.63) is 72.0 Å². The van der Waals surface area contributed by atoms with E-state index in [1.54, 1.807) is 6.20 Å². The molecule has 0 bridgehead atoms. The average molecular weight is 366 g/mol. The van der Waals surface area contributed by atoms with Gasteiger partial charge in [0.25, 0.3) is 11.8 Å². The van der Waals surface area contributed by atoms with Gasteiger partial charge in [0.15, 0.2) is 0 Å². The average Bonchev–Trinajstić information content (AvgIpc) is 3.33. The SMILES string of the molecule is O=C(NC(CO)c1nc(-c2c[nH]c3ccccc23)no1)c1ccc(F)cc1. The van der Waals surface area contributed by atoms with Crippen LogP contribution in [0.3, 0.4) is 0 Å². The molecule has 1 amide bonds. The quantitative estimate of drug-likeness (QED) is 0.504. The second kappa shape index (κ2) is 7.00. The molecule has 0 aliphatic rings. The molecule has 3 N–H and O–H groups in total. The Labute approximate surface area is 152 Å². The second-order valence-corrected chi connectivity index (χ2v) is 5.92. The van der Waals surface area contributed by atoms with E-state index in [0.717, 1.165) is 16.5 Å². The molecule has 0 aliphatic heterocycles. The molecular weight excluding hydrogens is 351 g/mol. The molecule has 7 nitrogen and oxygen atoms in total. The number of para-hydroxylation sites is 1. The minimum absolute atomic E-state index is 0.0771. The molecule has 2 aromatic heterocycles. The van der Waals surface area contributed by atoms with Gasteiger partial charge in [0.05, 0.1) is 6.61 Å². The lowest BCUT2D eigenvalue weighted by molar-refractivity contribution is 0.0901. The highest BCUT2D eigenvalue weighted by molar-refractivity contribution is 5.94. The minimum Gasteiger partial charge on any atom is -0.394 e. The number of rotatable bonds is 5. The topological polar surface area (TPSA) is 104 Å². The highest BCUT2D eigenvalue weighted by Gasteiger charge is 2.22. The summed E-state index contributed by atoms with van der Waals surface area (Å²) in [7, 11) is 0. The Kier molecular flexibility index (Phi) is 4.39. The minimum atomic E-state index is -0.881. The van der Waals surface area contributed by atoms with Gasteiger partial charge < -0.3 is 19.9 Å². The maximum atomic E-state index is 13.0. The third kappa shape index (κ3) is 3.30. The van der Waals surface area contributed by atoms with Crippen molar-refractivity contribution in [1.29, 1.82) is 0 Å². The first-order chi connectivity index (χ1) is 13.2. The number of nitrogens with zero attached hydrogens (tertiary/aromatic N) is 2. The molecular formula is C19H15FN4O3. The number of carbonyl (C=O) groups excluding carboxylic acids is 1. The smallest absolute Gasteiger partial charge is 0.251 e. The highest BCUT2D eigenvalue weighted by atomic mass is 19.1. The molecule has 27 heavy (non-hydrogen) atoms. The summed E-state index contributed by atoms with van der Waals surface area (Å²) >= 11 is 0. The summed E-state index contributed by atoms with van der Waals surface area (Å²) in [5, 5.41) is 17.1. The van der Waals surface area contributed by atoms with Crippen LogP contribution in [0.1, 0.15) is 22.3 Å². The van der Waals surface area contributed by atoms with Crippen molar-refractivity contribution in [2.24, 2.45) is 0 Å². The Hall–Kier alpha value is -3.52. The van der Waals surface area contributed by atoms with Crippen LogP contribution in [-0.2, 0) is 0 Å². The molecule has 136 valence electrons. The fourth-order valence-corrected chi connectivity index (χ4v) is 2.77. The third-order valence-electron chi connectivity index (χ3n) is 4.16. The van der Waals surface area contributed by atoms with E-state index < -0.39 is 24.4 Å². The summed E-state index contributed by atoms with van der Waals surface area (Å²) < 4.78 is 18.2. The molecule has 1 atom stereocenters. The second-order valence-electron chi connectivity index (χ2n) is 5.92. The largest absolute Gasteiger partial charge is 0.394 e. The monoisotopic (exact) mass is 366 g/mol. The maximum absolute atomic E-state index is 13.0. The Bertz CT molecular complexity index is 1090. The number of fused-ring (bicyclic) bond motifs is 1. The zero-order valence-corrected chi connectivity index (χ0v) is 14.0. The Balaban J connectivity index is 1.57. The predicted molar refractivity (Wildman–Crippen MR) is 95.3 cm³/mol. The molecule has 0 saturated heterocycles. The molecule has 4 aromatic rings. The lowest BCUT2D eigenvalue weighted by Crippen LogP contribution is -2.31. The number of hydrogen-bond acceptors (Lipinski definition) is 5. The van der Waals surface area contributed by atoms with Crippen LogP contribution < -0.4 is 5.32 Å². The van der Waals surface area contributed by atoms with Crippen LogP contribution in [0.4, 0.5) is 4.39 Å². The van der Waals surface area contributed by atoms with Crippen molar-refractivity contribution >= 4 is 16.8 Å². The molecule has 2 heterocycles. The number of aliphatic hydroxyl groups is 1. The zero-order valence-electron chi connectivity index (χ0n) is 14.0. The van der Waals surface area contributed by atoms with Crippen molar-refractivity contribution in [3.63, 3.8) is 0 Å². The fourth-order valence-electron chi connectivity index (χ4n) is 2.77. The van der Waals surface area contributed by atoms with Gasteiger partial charge in [-0.2, -0.15) is 4.98 Å². The first-order valence-corrected chi connectivity index (χ1v) is 8.23. The van der Waals surface area contributed by atoms with Gasteiger partial charge in [-0.15, -0.1) is 0 Å². The van der Waals surface area contributed by atoms with E-state index in [1.165, 1.54) is 24.3 Å². The molecule has 1 unspecified atom stereocenters. The summed E-state index contributed by atoms with van der Waals surface area (Å²) in [6.07, 6.45) is 1.77. The number of H-pyrrole nitrogens is 1. The first-order valence-electron chi connectivity index (χ1n) is 8.23. The van der Waals surface area contributed by atoms with Crippen molar-refractivity contribution in [3.8, 4) is 11.4 Å². The lowest BCUT2D eigenvalue weighted by atomic mass is 10.1. The zero-order chi connectivity index (χ0) is 18.8. The van der Waals surface area contributed by atoms with Crippen LogP contribution in [0, 0.1) is 5.82 Å². The molecule has 8 heteroatoms. The van der Waals surface area contributed by atoms with Crippen LogP contribution >= 0.6 is 0 Å². The Morgan fingerprint density at radius 2 is 2.00 bits per heavy atom. The lowest BCUT2D eigenvalue weighted by Gasteiger charge is -2.12. The van der Waals surface area contributed by atoms with Gasteiger partial charge in [-0.25, -0.2) is 4.39 Å². The van der Waals surface area contributed by atoms with E-state index in [0.29, 0.717) is 5.82 Å². The van der Waals surface area contributed by atoms with Crippen LogP contribution in [-0.4, -0.2) is 32.7 Å². The van der Waals surface area contributed by atoms with Crippen LogP contribution in [0.25, 0.3) is 22.3 Å². The van der Waals surface area contributed by atoms with Gasteiger partial charge in [-0.05, 0) is 30.3 Å². The normalized spacial score (nSPS) is 12.2. The van der Waals surface area contributed by atoms with Gasteiger partial charge in [-0.1, -0.05) is 23.4 Å². The first kappa shape index (κ1) is 16.9. The number of aromatic nitrogens is 3. The summed E-state index contributed by atoms with van der Waals surface area (Å²) in [5.41, 5.74) is 1.94. The number of hydrogen-bond donors (Lipinski definition) is 3. The molecule has 2 aromatic carbocycles.